The molecule has 7 heteroatoms. The SMILES string of the molecule is CNc1ncc([N+](=O)[O-])cc1C(=O)NC1CCCCCC1. The highest BCUT2D eigenvalue weighted by molar-refractivity contribution is 5.99. The van der Waals surface area contributed by atoms with E-state index in [1.165, 1.54) is 18.9 Å². The predicted molar refractivity (Wildman–Crippen MR) is 79.4 cm³/mol. The summed E-state index contributed by atoms with van der Waals surface area (Å²) in [6.45, 7) is 0. The first-order chi connectivity index (χ1) is 10.1. The van der Waals surface area contributed by atoms with Gasteiger partial charge < -0.3 is 10.6 Å². The molecule has 1 amide bonds. The fourth-order valence-corrected chi connectivity index (χ4v) is 2.61. The maximum absolute atomic E-state index is 12.4. The number of pyridine rings is 1. The van der Waals surface area contributed by atoms with Gasteiger partial charge in [-0.2, -0.15) is 0 Å². The summed E-state index contributed by atoms with van der Waals surface area (Å²) in [5, 5.41) is 16.6. The van der Waals surface area contributed by atoms with Gasteiger partial charge in [-0.3, -0.25) is 14.9 Å². The quantitative estimate of drug-likeness (QED) is 0.505. The average molecular weight is 292 g/mol. The van der Waals surface area contributed by atoms with Gasteiger partial charge in [0, 0.05) is 19.2 Å². The molecule has 0 atom stereocenters. The van der Waals surface area contributed by atoms with Crippen molar-refractivity contribution < 1.29 is 9.72 Å². The highest BCUT2D eigenvalue weighted by Crippen LogP contribution is 2.21. The van der Waals surface area contributed by atoms with Crippen molar-refractivity contribution in [3.63, 3.8) is 0 Å². The number of hydrogen-bond donors (Lipinski definition) is 2. The van der Waals surface area contributed by atoms with E-state index in [9.17, 15) is 14.9 Å². The lowest BCUT2D eigenvalue weighted by Gasteiger charge is -2.17. The average Bonchev–Trinajstić information content (AvgIpc) is 2.75. The van der Waals surface area contributed by atoms with Crippen LogP contribution in [0.3, 0.4) is 0 Å². The molecule has 1 fully saturated rings. The van der Waals surface area contributed by atoms with Crippen LogP contribution in [0.4, 0.5) is 11.5 Å². The lowest BCUT2D eigenvalue weighted by Crippen LogP contribution is -2.34. The third-order valence-electron chi connectivity index (χ3n) is 3.76. The van der Waals surface area contributed by atoms with E-state index in [0.29, 0.717) is 5.82 Å². The van der Waals surface area contributed by atoms with Crippen LogP contribution in [0, 0.1) is 10.1 Å². The first-order valence-electron chi connectivity index (χ1n) is 7.25. The minimum Gasteiger partial charge on any atom is -0.372 e. The maximum atomic E-state index is 12.4. The van der Waals surface area contributed by atoms with Gasteiger partial charge in [0.25, 0.3) is 11.6 Å². The molecule has 1 heterocycles. The number of carbonyl (C=O) groups excluding carboxylic acids is 1. The number of amides is 1. The molecular formula is C14H20N4O3. The Morgan fingerprint density at radius 1 is 1.33 bits per heavy atom. The van der Waals surface area contributed by atoms with Crippen LogP contribution in [0.1, 0.15) is 48.9 Å². The van der Waals surface area contributed by atoms with Crippen molar-refractivity contribution >= 4 is 17.4 Å². The van der Waals surface area contributed by atoms with E-state index in [2.05, 4.69) is 15.6 Å². The van der Waals surface area contributed by atoms with Crippen LogP contribution in [-0.2, 0) is 0 Å². The fraction of sp³-hybridized carbons (Fsp3) is 0.571. The Hall–Kier alpha value is -2.18. The summed E-state index contributed by atoms with van der Waals surface area (Å²) in [4.78, 5) is 26.6. The second-order valence-electron chi connectivity index (χ2n) is 5.26. The molecule has 1 aliphatic rings. The van der Waals surface area contributed by atoms with E-state index in [4.69, 9.17) is 0 Å². The molecule has 2 rings (SSSR count). The van der Waals surface area contributed by atoms with E-state index in [1.807, 2.05) is 0 Å². The normalized spacial score (nSPS) is 16.0. The van der Waals surface area contributed by atoms with Crippen LogP contribution in [0.5, 0.6) is 0 Å². The maximum Gasteiger partial charge on any atom is 0.288 e. The third-order valence-corrected chi connectivity index (χ3v) is 3.76. The fourth-order valence-electron chi connectivity index (χ4n) is 2.61. The van der Waals surface area contributed by atoms with E-state index in [1.54, 1.807) is 7.05 Å². The first kappa shape index (κ1) is 15.2. The van der Waals surface area contributed by atoms with Gasteiger partial charge in [0.15, 0.2) is 0 Å². The van der Waals surface area contributed by atoms with Crippen molar-refractivity contribution in [1.29, 1.82) is 0 Å². The van der Waals surface area contributed by atoms with Gasteiger partial charge in [-0.05, 0) is 12.8 Å². The van der Waals surface area contributed by atoms with Crippen molar-refractivity contribution in [3.8, 4) is 0 Å². The molecule has 2 N–H and O–H groups in total. The molecule has 7 nitrogen and oxygen atoms in total. The second kappa shape index (κ2) is 7.01. The standard InChI is InChI=1S/C14H20N4O3/c1-15-13-12(8-11(9-16-13)18(20)21)14(19)17-10-6-4-2-3-5-7-10/h8-10H,2-7H2,1H3,(H,15,16)(H,17,19). The molecule has 114 valence electrons. The van der Waals surface area contributed by atoms with Gasteiger partial charge in [-0.1, -0.05) is 25.7 Å². The number of hydrogen-bond acceptors (Lipinski definition) is 5. The molecule has 0 bridgehead atoms. The van der Waals surface area contributed by atoms with Gasteiger partial charge in [-0.15, -0.1) is 0 Å². The molecule has 0 radical (unpaired) electrons. The lowest BCUT2D eigenvalue weighted by molar-refractivity contribution is -0.385. The molecule has 1 aromatic heterocycles. The third kappa shape index (κ3) is 3.90. The van der Waals surface area contributed by atoms with Crippen LogP contribution < -0.4 is 10.6 Å². The molecular weight excluding hydrogens is 272 g/mol. The Labute approximate surface area is 123 Å². The highest BCUT2D eigenvalue weighted by Gasteiger charge is 2.21. The smallest absolute Gasteiger partial charge is 0.288 e. The van der Waals surface area contributed by atoms with Gasteiger partial charge >= 0.3 is 0 Å². The van der Waals surface area contributed by atoms with E-state index < -0.39 is 4.92 Å². The van der Waals surface area contributed by atoms with Gasteiger partial charge in [-0.25, -0.2) is 4.98 Å². The summed E-state index contributed by atoms with van der Waals surface area (Å²) >= 11 is 0. The van der Waals surface area contributed by atoms with Crippen LogP contribution in [0.2, 0.25) is 0 Å². The molecule has 0 saturated heterocycles. The molecule has 0 unspecified atom stereocenters. The molecule has 0 aromatic carbocycles. The van der Waals surface area contributed by atoms with Gasteiger partial charge in [0.05, 0.1) is 10.5 Å². The molecule has 21 heavy (non-hydrogen) atoms. The van der Waals surface area contributed by atoms with E-state index in [0.717, 1.165) is 31.9 Å². The Kier molecular flexibility index (Phi) is 5.08. The minimum absolute atomic E-state index is 0.143. The molecule has 1 aliphatic carbocycles. The summed E-state index contributed by atoms with van der Waals surface area (Å²) < 4.78 is 0. The number of nitro groups is 1. The van der Waals surface area contributed by atoms with Crippen molar-refractivity contribution in [2.75, 3.05) is 12.4 Å². The van der Waals surface area contributed by atoms with Crippen molar-refractivity contribution in [3.05, 3.63) is 27.9 Å². The van der Waals surface area contributed by atoms with Crippen LogP contribution in [0.25, 0.3) is 0 Å². The summed E-state index contributed by atoms with van der Waals surface area (Å²) in [6.07, 6.45) is 7.69. The van der Waals surface area contributed by atoms with Gasteiger partial charge in [0.2, 0.25) is 0 Å². The highest BCUT2D eigenvalue weighted by atomic mass is 16.6. The lowest BCUT2D eigenvalue weighted by atomic mass is 10.1. The largest absolute Gasteiger partial charge is 0.372 e. The summed E-state index contributed by atoms with van der Waals surface area (Å²) in [6, 6.07) is 1.41. The predicted octanol–water partition coefficient (Wildman–Crippen LogP) is 2.48. The molecule has 0 spiro atoms. The molecule has 0 aliphatic heterocycles. The number of carbonyl (C=O) groups is 1. The zero-order chi connectivity index (χ0) is 15.2. The second-order valence-corrected chi connectivity index (χ2v) is 5.26. The van der Waals surface area contributed by atoms with Crippen LogP contribution >= 0.6 is 0 Å². The topological polar surface area (TPSA) is 97.2 Å². The zero-order valence-electron chi connectivity index (χ0n) is 12.1. The van der Waals surface area contributed by atoms with Crippen molar-refractivity contribution in [2.24, 2.45) is 0 Å². The Balaban J connectivity index is 2.16. The zero-order valence-corrected chi connectivity index (χ0v) is 12.1. The Bertz CT molecular complexity index is 525. The van der Waals surface area contributed by atoms with Crippen LogP contribution in [-0.4, -0.2) is 28.9 Å². The monoisotopic (exact) mass is 292 g/mol. The van der Waals surface area contributed by atoms with Gasteiger partial charge in [0.1, 0.15) is 12.0 Å². The number of nitrogens with zero attached hydrogens (tertiary/aromatic N) is 2. The van der Waals surface area contributed by atoms with Crippen LogP contribution in [0.15, 0.2) is 12.3 Å². The Morgan fingerprint density at radius 3 is 2.57 bits per heavy atom. The number of anilines is 1. The first-order valence-corrected chi connectivity index (χ1v) is 7.25. The molecule has 1 saturated carbocycles. The van der Waals surface area contributed by atoms with E-state index in [-0.39, 0.29) is 23.2 Å². The van der Waals surface area contributed by atoms with Crippen molar-refractivity contribution in [2.45, 2.75) is 44.6 Å². The molecule has 1 aromatic rings. The summed E-state index contributed by atoms with van der Waals surface area (Å²) in [5.41, 5.74) is 0.0379. The Morgan fingerprint density at radius 2 is 2.00 bits per heavy atom. The van der Waals surface area contributed by atoms with E-state index >= 15 is 0 Å². The number of rotatable bonds is 4. The summed E-state index contributed by atoms with van der Waals surface area (Å²) in [7, 11) is 1.64. The summed E-state index contributed by atoms with van der Waals surface area (Å²) in [5.74, 6) is 0.0502. The van der Waals surface area contributed by atoms with Crippen molar-refractivity contribution in [1.82, 2.24) is 10.3 Å². The minimum atomic E-state index is -0.547. The number of nitrogens with one attached hydrogen (secondary N) is 2. The number of aromatic nitrogens is 1.